The van der Waals surface area contributed by atoms with Crippen LogP contribution >= 0.6 is 0 Å². The van der Waals surface area contributed by atoms with Crippen LogP contribution in [0.3, 0.4) is 0 Å². The highest BCUT2D eigenvalue weighted by Gasteiger charge is 2.07. The van der Waals surface area contributed by atoms with Crippen LogP contribution in [0.4, 0.5) is 0 Å². The molecule has 0 aliphatic heterocycles. The maximum atomic E-state index is 4.73. The molecule has 2 aromatic carbocycles. The van der Waals surface area contributed by atoms with E-state index >= 15 is 0 Å². The fourth-order valence-electron chi connectivity index (χ4n) is 3.04. The minimum atomic E-state index is 0.966. The number of pyridine rings is 2. The van der Waals surface area contributed by atoms with E-state index in [0.717, 1.165) is 27.7 Å². The second kappa shape index (κ2) is 4.65. The third kappa shape index (κ3) is 1.98. The molecule has 23 heavy (non-hydrogen) atoms. The van der Waals surface area contributed by atoms with E-state index in [1.165, 1.54) is 10.8 Å². The topological polar surface area (TPSA) is 30.2 Å². The van der Waals surface area contributed by atoms with Crippen molar-refractivity contribution in [3.63, 3.8) is 0 Å². The molecule has 0 spiro atoms. The van der Waals surface area contributed by atoms with Crippen molar-refractivity contribution in [1.82, 2.24) is 14.6 Å². The predicted octanol–water partition coefficient (Wildman–Crippen LogP) is 4.70. The van der Waals surface area contributed by atoms with Gasteiger partial charge >= 0.3 is 0 Å². The molecule has 3 heteroatoms. The van der Waals surface area contributed by atoms with Crippen molar-refractivity contribution < 1.29 is 0 Å². The first-order valence-electron chi connectivity index (χ1n) is 7.60. The average Bonchev–Trinajstić information content (AvgIpc) is 3.02. The van der Waals surface area contributed by atoms with E-state index in [1.807, 2.05) is 22.8 Å². The Morgan fingerprint density at radius 2 is 1.61 bits per heavy atom. The third-order valence-electron chi connectivity index (χ3n) is 4.23. The molecule has 0 amide bonds. The molecule has 0 N–H and O–H groups in total. The Morgan fingerprint density at radius 1 is 0.739 bits per heavy atom. The molecule has 3 nitrogen and oxygen atoms in total. The van der Waals surface area contributed by atoms with E-state index in [0.29, 0.717) is 0 Å². The SMILES string of the molecule is c1ccc2cn3nc(-c4ccc5cccnc5c4)cc3cc2c1. The van der Waals surface area contributed by atoms with E-state index in [-0.39, 0.29) is 0 Å². The molecule has 0 aliphatic carbocycles. The van der Waals surface area contributed by atoms with E-state index in [2.05, 4.69) is 65.8 Å². The summed E-state index contributed by atoms with van der Waals surface area (Å²) >= 11 is 0. The number of fused-ring (bicyclic) bond motifs is 3. The van der Waals surface area contributed by atoms with E-state index in [4.69, 9.17) is 5.10 Å². The van der Waals surface area contributed by atoms with E-state index in [1.54, 1.807) is 0 Å². The molecule has 0 fully saturated rings. The van der Waals surface area contributed by atoms with E-state index < -0.39 is 0 Å². The summed E-state index contributed by atoms with van der Waals surface area (Å²) in [6.07, 6.45) is 3.90. The number of hydrogen-bond acceptors (Lipinski definition) is 2. The van der Waals surface area contributed by atoms with Crippen LogP contribution < -0.4 is 0 Å². The number of benzene rings is 2. The molecular formula is C20H13N3. The quantitative estimate of drug-likeness (QED) is 0.448. The van der Waals surface area contributed by atoms with Crippen LogP contribution in [0.25, 0.3) is 38.4 Å². The Kier molecular flexibility index (Phi) is 2.50. The zero-order valence-corrected chi connectivity index (χ0v) is 12.3. The van der Waals surface area contributed by atoms with Crippen LogP contribution in [-0.2, 0) is 0 Å². The van der Waals surface area contributed by atoms with Gasteiger partial charge in [0.15, 0.2) is 0 Å². The van der Waals surface area contributed by atoms with Crippen LogP contribution in [0.2, 0.25) is 0 Å². The van der Waals surface area contributed by atoms with Crippen LogP contribution in [0.1, 0.15) is 0 Å². The summed E-state index contributed by atoms with van der Waals surface area (Å²) in [5.74, 6) is 0. The molecule has 3 aromatic heterocycles. The second-order valence-electron chi connectivity index (χ2n) is 5.71. The van der Waals surface area contributed by atoms with Crippen molar-refractivity contribution in [3.05, 3.63) is 79.1 Å². The van der Waals surface area contributed by atoms with Crippen molar-refractivity contribution >= 4 is 27.2 Å². The highest BCUT2D eigenvalue weighted by Crippen LogP contribution is 2.25. The first-order chi connectivity index (χ1) is 11.4. The van der Waals surface area contributed by atoms with Gasteiger partial charge in [-0.25, -0.2) is 4.52 Å². The summed E-state index contributed by atoms with van der Waals surface area (Å²) in [6, 6.07) is 23.0. The van der Waals surface area contributed by atoms with Gasteiger partial charge in [-0.15, -0.1) is 0 Å². The standard InChI is InChI=1S/C20H13N3/c1-2-5-17-13-23-18(10-15(17)4-1)12-20(22-23)16-8-7-14-6-3-9-21-19(14)11-16/h1-13H. The largest absolute Gasteiger partial charge is 0.256 e. The normalized spacial score (nSPS) is 11.5. The molecular weight excluding hydrogens is 282 g/mol. The lowest BCUT2D eigenvalue weighted by Gasteiger charge is -1.99. The summed E-state index contributed by atoms with van der Waals surface area (Å²) in [5, 5.41) is 8.29. The van der Waals surface area contributed by atoms with Gasteiger partial charge in [0.25, 0.3) is 0 Å². The first kappa shape index (κ1) is 12.4. The monoisotopic (exact) mass is 295 g/mol. The summed E-state index contributed by atoms with van der Waals surface area (Å²) in [4.78, 5) is 4.43. The number of aromatic nitrogens is 3. The lowest BCUT2D eigenvalue weighted by atomic mass is 10.1. The zero-order chi connectivity index (χ0) is 15.2. The van der Waals surface area contributed by atoms with Crippen LogP contribution in [0.15, 0.2) is 79.1 Å². The Balaban J connectivity index is 1.73. The van der Waals surface area contributed by atoms with Gasteiger partial charge in [-0.3, -0.25) is 4.98 Å². The average molecular weight is 295 g/mol. The Bertz CT molecular complexity index is 1120. The molecule has 0 aliphatic rings. The van der Waals surface area contributed by atoms with Gasteiger partial charge in [-0.05, 0) is 29.7 Å². The van der Waals surface area contributed by atoms with Gasteiger partial charge in [0.1, 0.15) is 0 Å². The molecule has 3 heterocycles. The number of nitrogens with zero attached hydrogens (tertiary/aromatic N) is 3. The summed E-state index contributed by atoms with van der Waals surface area (Å²) in [6.45, 7) is 0. The highest BCUT2D eigenvalue weighted by molar-refractivity contribution is 5.87. The first-order valence-corrected chi connectivity index (χ1v) is 7.60. The van der Waals surface area contributed by atoms with Crippen LogP contribution in [0.5, 0.6) is 0 Å². The van der Waals surface area contributed by atoms with Gasteiger partial charge in [-0.2, -0.15) is 5.10 Å². The van der Waals surface area contributed by atoms with Gasteiger partial charge in [0.2, 0.25) is 0 Å². The van der Waals surface area contributed by atoms with Crippen molar-refractivity contribution in [2.24, 2.45) is 0 Å². The van der Waals surface area contributed by atoms with Crippen molar-refractivity contribution in [2.45, 2.75) is 0 Å². The molecule has 108 valence electrons. The fraction of sp³-hybridized carbons (Fsp3) is 0. The van der Waals surface area contributed by atoms with Crippen LogP contribution in [-0.4, -0.2) is 14.6 Å². The molecule has 5 rings (SSSR count). The van der Waals surface area contributed by atoms with Gasteiger partial charge in [0, 0.05) is 28.7 Å². The van der Waals surface area contributed by atoms with Gasteiger partial charge in [-0.1, -0.05) is 42.5 Å². The van der Waals surface area contributed by atoms with Crippen molar-refractivity contribution in [3.8, 4) is 11.3 Å². The second-order valence-corrected chi connectivity index (χ2v) is 5.71. The Labute approximate surface area is 132 Å². The Hall–Kier alpha value is -3.20. The molecule has 5 aromatic rings. The van der Waals surface area contributed by atoms with Gasteiger partial charge < -0.3 is 0 Å². The minimum absolute atomic E-state index is 0.966. The summed E-state index contributed by atoms with van der Waals surface area (Å²) < 4.78 is 1.94. The summed E-state index contributed by atoms with van der Waals surface area (Å²) in [5.41, 5.74) is 4.14. The van der Waals surface area contributed by atoms with E-state index in [9.17, 15) is 0 Å². The molecule has 0 unspecified atom stereocenters. The number of rotatable bonds is 1. The fourth-order valence-corrected chi connectivity index (χ4v) is 3.04. The summed E-state index contributed by atoms with van der Waals surface area (Å²) in [7, 11) is 0. The predicted molar refractivity (Wildman–Crippen MR) is 93.4 cm³/mol. The maximum absolute atomic E-state index is 4.73. The smallest absolute Gasteiger partial charge is 0.0934 e. The zero-order valence-electron chi connectivity index (χ0n) is 12.3. The van der Waals surface area contributed by atoms with Crippen molar-refractivity contribution in [2.75, 3.05) is 0 Å². The number of hydrogen-bond donors (Lipinski definition) is 0. The molecule has 0 saturated heterocycles. The Morgan fingerprint density at radius 3 is 2.57 bits per heavy atom. The molecule has 0 atom stereocenters. The third-order valence-corrected chi connectivity index (χ3v) is 4.23. The lowest BCUT2D eigenvalue weighted by Crippen LogP contribution is -1.87. The highest BCUT2D eigenvalue weighted by atomic mass is 15.2. The minimum Gasteiger partial charge on any atom is -0.256 e. The van der Waals surface area contributed by atoms with Gasteiger partial charge in [0.05, 0.1) is 16.7 Å². The lowest BCUT2D eigenvalue weighted by molar-refractivity contribution is 0.974. The molecule has 0 bridgehead atoms. The molecule has 0 saturated carbocycles. The molecule has 0 radical (unpaired) electrons. The maximum Gasteiger partial charge on any atom is 0.0934 e. The van der Waals surface area contributed by atoms with Crippen LogP contribution in [0, 0.1) is 0 Å². The van der Waals surface area contributed by atoms with Crippen molar-refractivity contribution in [1.29, 1.82) is 0 Å².